The van der Waals surface area contributed by atoms with E-state index in [9.17, 15) is 19.5 Å². The van der Waals surface area contributed by atoms with Crippen LogP contribution in [0.25, 0.3) is 0 Å². The highest BCUT2D eigenvalue weighted by molar-refractivity contribution is 5.97. The van der Waals surface area contributed by atoms with Crippen molar-refractivity contribution in [2.24, 2.45) is 29.6 Å². The van der Waals surface area contributed by atoms with E-state index in [1.165, 1.54) is 0 Å². The van der Waals surface area contributed by atoms with Gasteiger partial charge in [-0.3, -0.25) is 14.4 Å². The molecular weight excluding hydrogens is 332 g/mol. The van der Waals surface area contributed by atoms with Crippen molar-refractivity contribution in [3.63, 3.8) is 0 Å². The minimum Gasteiger partial charge on any atom is -0.481 e. The third-order valence-electron chi connectivity index (χ3n) is 5.08. The number of allylic oxidation sites excluding steroid dienone is 2. The van der Waals surface area contributed by atoms with Crippen LogP contribution >= 0.6 is 0 Å². The molecule has 1 saturated carbocycles. The minimum absolute atomic E-state index is 0.00399. The molecule has 4 atom stereocenters. The van der Waals surface area contributed by atoms with Gasteiger partial charge in [0.25, 0.3) is 0 Å². The summed E-state index contributed by atoms with van der Waals surface area (Å²) in [5, 5.41) is 15.1. The number of rotatable bonds is 6. The van der Waals surface area contributed by atoms with Gasteiger partial charge in [-0.15, -0.1) is 0 Å². The Labute approximate surface area is 152 Å². The van der Waals surface area contributed by atoms with Gasteiger partial charge in [0.2, 0.25) is 11.8 Å². The molecule has 2 amide bonds. The van der Waals surface area contributed by atoms with Crippen LogP contribution in [0.4, 0.5) is 11.4 Å². The zero-order valence-corrected chi connectivity index (χ0v) is 14.9. The zero-order valence-electron chi connectivity index (χ0n) is 14.9. The van der Waals surface area contributed by atoms with E-state index in [0.29, 0.717) is 17.8 Å². The number of fused-ring (bicyclic) bond motifs is 2. The molecule has 6 heteroatoms. The van der Waals surface area contributed by atoms with E-state index in [2.05, 4.69) is 10.6 Å². The number of aliphatic carboxylic acids is 1. The summed E-state index contributed by atoms with van der Waals surface area (Å²) in [6.45, 7) is 3.96. The largest absolute Gasteiger partial charge is 0.481 e. The van der Waals surface area contributed by atoms with Crippen molar-refractivity contribution < 1.29 is 19.5 Å². The van der Waals surface area contributed by atoms with Crippen molar-refractivity contribution in [3.05, 3.63) is 36.4 Å². The molecule has 138 valence electrons. The van der Waals surface area contributed by atoms with E-state index in [1.54, 1.807) is 24.3 Å². The van der Waals surface area contributed by atoms with Gasteiger partial charge >= 0.3 is 5.97 Å². The normalized spacial score (nSPS) is 26.1. The van der Waals surface area contributed by atoms with E-state index in [4.69, 9.17) is 0 Å². The predicted molar refractivity (Wildman–Crippen MR) is 98.5 cm³/mol. The summed E-state index contributed by atoms with van der Waals surface area (Å²) in [7, 11) is 0. The first kappa shape index (κ1) is 18.2. The Morgan fingerprint density at radius 2 is 1.54 bits per heavy atom. The number of hydrogen-bond donors (Lipinski definition) is 3. The lowest BCUT2D eigenvalue weighted by Crippen LogP contribution is -2.36. The molecular formula is C20H24N2O4. The van der Waals surface area contributed by atoms with Crippen molar-refractivity contribution in [3.8, 4) is 0 Å². The van der Waals surface area contributed by atoms with E-state index in [1.807, 2.05) is 26.0 Å². The van der Waals surface area contributed by atoms with Crippen LogP contribution in [-0.2, 0) is 14.4 Å². The maximum Gasteiger partial charge on any atom is 0.307 e. The molecule has 0 radical (unpaired) electrons. The molecule has 0 heterocycles. The van der Waals surface area contributed by atoms with E-state index >= 15 is 0 Å². The number of anilines is 2. The van der Waals surface area contributed by atoms with Gasteiger partial charge in [-0.2, -0.15) is 0 Å². The third kappa shape index (κ3) is 3.79. The number of benzene rings is 1. The summed E-state index contributed by atoms with van der Waals surface area (Å²) >= 11 is 0. The lowest BCUT2D eigenvalue weighted by molar-refractivity contribution is -0.146. The molecule has 0 aromatic heterocycles. The Bertz CT molecular complexity index is 739. The summed E-state index contributed by atoms with van der Waals surface area (Å²) in [6, 6.07) is 6.87. The van der Waals surface area contributed by atoms with Crippen LogP contribution < -0.4 is 10.6 Å². The molecule has 0 spiro atoms. The SMILES string of the molecule is CC(C)CC(=O)Nc1ccc(NC(=O)[C@H]2[C@H](C(=O)O)[C@H]3C=C[C@H]2C3)cc1. The number of nitrogens with one attached hydrogen (secondary N) is 2. The summed E-state index contributed by atoms with van der Waals surface area (Å²) in [5.74, 6) is -2.17. The molecule has 26 heavy (non-hydrogen) atoms. The Balaban J connectivity index is 1.62. The summed E-state index contributed by atoms with van der Waals surface area (Å²) in [5.41, 5.74) is 1.26. The Morgan fingerprint density at radius 1 is 1.00 bits per heavy atom. The van der Waals surface area contributed by atoms with Crippen LogP contribution in [0.2, 0.25) is 0 Å². The first-order chi connectivity index (χ1) is 12.3. The van der Waals surface area contributed by atoms with Crippen molar-refractivity contribution in [2.45, 2.75) is 26.7 Å². The van der Waals surface area contributed by atoms with E-state index in [-0.39, 0.29) is 29.6 Å². The smallest absolute Gasteiger partial charge is 0.307 e. The highest BCUT2D eigenvalue weighted by Crippen LogP contribution is 2.48. The van der Waals surface area contributed by atoms with Gasteiger partial charge in [0.1, 0.15) is 0 Å². The predicted octanol–water partition coefficient (Wildman–Crippen LogP) is 3.13. The maximum absolute atomic E-state index is 12.6. The van der Waals surface area contributed by atoms with Crippen LogP contribution in [0, 0.1) is 29.6 Å². The number of amides is 2. The van der Waals surface area contributed by atoms with Crippen LogP contribution in [0.5, 0.6) is 0 Å². The maximum atomic E-state index is 12.6. The number of carboxylic acid groups (broad SMARTS) is 1. The van der Waals surface area contributed by atoms with Crippen LogP contribution in [-0.4, -0.2) is 22.9 Å². The van der Waals surface area contributed by atoms with Gasteiger partial charge in [0, 0.05) is 17.8 Å². The summed E-state index contributed by atoms with van der Waals surface area (Å²) < 4.78 is 0. The molecule has 1 fully saturated rings. The van der Waals surface area contributed by atoms with E-state index < -0.39 is 17.8 Å². The fourth-order valence-electron chi connectivity index (χ4n) is 3.96. The van der Waals surface area contributed by atoms with Crippen molar-refractivity contribution in [1.29, 1.82) is 0 Å². The van der Waals surface area contributed by atoms with Gasteiger partial charge in [0.15, 0.2) is 0 Å². The molecule has 1 aromatic rings. The van der Waals surface area contributed by atoms with Crippen LogP contribution in [0.15, 0.2) is 36.4 Å². The molecule has 0 aliphatic heterocycles. The summed E-state index contributed by atoms with van der Waals surface area (Å²) in [4.78, 5) is 35.9. The molecule has 3 N–H and O–H groups in total. The lowest BCUT2D eigenvalue weighted by atomic mass is 9.82. The zero-order chi connectivity index (χ0) is 18.8. The van der Waals surface area contributed by atoms with Gasteiger partial charge in [-0.1, -0.05) is 26.0 Å². The fraction of sp³-hybridized carbons (Fsp3) is 0.450. The first-order valence-electron chi connectivity index (χ1n) is 8.97. The average Bonchev–Trinajstić information content (AvgIpc) is 3.16. The minimum atomic E-state index is -0.912. The second kappa shape index (κ2) is 7.32. The second-order valence-electron chi connectivity index (χ2n) is 7.55. The second-order valence-corrected chi connectivity index (χ2v) is 7.55. The Kier molecular flexibility index (Phi) is 5.11. The molecule has 2 aliphatic carbocycles. The standard InChI is InChI=1S/C20H24N2O4/c1-11(2)9-16(23)21-14-5-7-15(8-6-14)22-19(24)17-12-3-4-13(10-12)18(17)20(25)26/h3-8,11-13,17-18H,9-10H2,1-2H3,(H,21,23)(H,22,24)(H,25,26)/t12-,13-,17+,18+/m0/s1. The van der Waals surface area contributed by atoms with Crippen LogP contribution in [0.1, 0.15) is 26.7 Å². The number of hydrogen-bond acceptors (Lipinski definition) is 3. The van der Waals surface area contributed by atoms with E-state index in [0.717, 1.165) is 6.42 Å². The topological polar surface area (TPSA) is 95.5 Å². The van der Waals surface area contributed by atoms with Gasteiger partial charge < -0.3 is 15.7 Å². The van der Waals surface area contributed by atoms with Gasteiger partial charge in [-0.05, 0) is 48.4 Å². The molecule has 3 rings (SSSR count). The molecule has 0 saturated heterocycles. The highest BCUT2D eigenvalue weighted by atomic mass is 16.4. The number of carbonyl (C=O) groups excluding carboxylic acids is 2. The monoisotopic (exact) mass is 356 g/mol. The molecule has 2 bridgehead atoms. The molecule has 6 nitrogen and oxygen atoms in total. The Hall–Kier alpha value is -2.63. The highest BCUT2D eigenvalue weighted by Gasteiger charge is 2.51. The number of carbonyl (C=O) groups is 3. The van der Waals surface area contributed by atoms with Gasteiger partial charge in [0.05, 0.1) is 11.8 Å². The van der Waals surface area contributed by atoms with Crippen molar-refractivity contribution in [1.82, 2.24) is 0 Å². The lowest BCUT2D eigenvalue weighted by Gasteiger charge is -2.23. The van der Waals surface area contributed by atoms with Crippen LogP contribution in [0.3, 0.4) is 0 Å². The molecule has 2 aliphatic rings. The first-order valence-corrected chi connectivity index (χ1v) is 8.97. The molecule has 1 aromatic carbocycles. The Morgan fingerprint density at radius 3 is 2.08 bits per heavy atom. The fourth-order valence-corrected chi connectivity index (χ4v) is 3.96. The quantitative estimate of drug-likeness (QED) is 0.682. The summed E-state index contributed by atoms with van der Waals surface area (Å²) in [6.07, 6.45) is 5.06. The third-order valence-corrected chi connectivity index (χ3v) is 5.08. The number of carboxylic acids is 1. The average molecular weight is 356 g/mol. The van der Waals surface area contributed by atoms with Gasteiger partial charge in [-0.25, -0.2) is 0 Å². The molecule has 0 unspecified atom stereocenters. The van der Waals surface area contributed by atoms with Crippen molar-refractivity contribution >= 4 is 29.2 Å². The van der Waals surface area contributed by atoms with Crippen molar-refractivity contribution in [2.75, 3.05) is 10.6 Å².